The van der Waals surface area contributed by atoms with Crippen molar-refractivity contribution in [3.63, 3.8) is 0 Å². The second kappa shape index (κ2) is 10.8. The first-order chi connectivity index (χ1) is 15.4. The summed E-state index contributed by atoms with van der Waals surface area (Å²) in [5.41, 5.74) is 4.64. The molecule has 0 aromatic heterocycles. The Morgan fingerprint density at radius 1 is 0.875 bits per heavy atom. The van der Waals surface area contributed by atoms with E-state index in [-0.39, 0.29) is 18.4 Å². The van der Waals surface area contributed by atoms with E-state index < -0.39 is 0 Å². The normalized spacial score (nSPS) is 10.2. The second-order valence-corrected chi connectivity index (χ2v) is 7.58. The number of rotatable bonds is 9. The molecule has 0 atom stereocenters. The topological polar surface area (TPSA) is 79.5 Å². The number of aryl methyl sites for hydroxylation is 1. The molecule has 3 aromatic carbocycles. The Morgan fingerprint density at radius 3 is 2.25 bits per heavy atom. The molecule has 0 unspecified atom stereocenters. The van der Waals surface area contributed by atoms with Gasteiger partial charge in [-0.05, 0) is 68.0 Å². The highest BCUT2D eigenvalue weighted by atomic mass is 16.5. The smallest absolute Gasteiger partial charge is 0.255 e. The summed E-state index contributed by atoms with van der Waals surface area (Å²) in [6.45, 7) is 8.21. The fourth-order valence-electron chi connectivity index (χ4n) is 2.92. The minimum absolute atomic E-state index is 0.107. The molecule has 6 heteroatoms. The zero-order valence-corrected chi connectivity index (χ0v) is 18.3. The third-order valence-electron chi connectivity index (χ3n) is 4.48. The number of benzene rings is 3. The lowest BCUT2D eigenvalue weighted by Crippen LogP contribution is -2.21. The first-order valence-corrected chi connectivity index (χ1v) is 10.3. The zero-order chi connectivity index (χ0) is 22.9. The summed E-state index contributed by atoms with van der Waals surface area (Å²) in [7, 11) is 0. The molecule has 0 spiro atoms. The maximum atomic E-state index is 12.3. The Balaban J connectivity index is 1.49. The summed E-state index contributed by atoms with van der Waals surface area (Å²) >= 11 is 0. The number of carbonyl (C=O) groups is 2. The molecule has 0 saturated heterocycles. The van der Waals surface area contributed by atoms with Crippen molar-refractivity contribution in [3.05, 3.63) is 96.1 Å². The van der Waals surface area contributed by atoms with Gasteiger partial charge in [0.15, 0.2) is 0 Å². The van der Waals surface area contributed by atoms with Crippen LogP contribution < -0.4 is 20.7 Å². The van der Waals surface area contributed by atoms with E-state index in [2.05, 4.69) is 22.5 Å². The molecule has 0 radical (unpaired) electrons. The van der Waals surface area contributed by atoms with E-state index >= 15 is 0 Å². The van der Waals surface area contributed by atoms with Gasteiger partial charge in [-0.1, -0.05) is 30.3 Å². The number of carbonyl (C=O) groups excluding carboxylic acids is 2. The van der Waals surface area contributed by atoms with E-state index in [9.17, 15) is 9.59 Å². The largest absolute Gasteiger partial charge is 0.489 e. The molecule has 2 amide bonds. The number of amides is 2. The van der Waals surface area contributed by atoms with Crippen LogP contribution in [0.25, 0.3) is 0 Å². The van der Waals surface area contributed by atoms with Gasteiger partial charge in [-0.3, -0.25) is 9.59 Å². The third kappa shape index (κ3) is 7.02. The number of hydrogen-bond donors (Lipinski definition) is 3. The van der Waals surface area contributed by atoms with Gasteiger partial charge < -0.3 is 20.7 Å². The van der Waals surface area contributed by atoms with Gasteiger partial charge in [-0.15, -0.1) is 0 Å². The minimum Gasteiger partial charge on any atom is -0.489 e. The molecule has 3 aromatic rings. The van der Waals surface area contributed by atoms with E-state index in [1.54, 1.807) is 30.3 Å². The van der Waals surface area contributed by atoms with Crippen LogP contribution in [0.4, 0.5) is 17.1 Å². The van der Waals surface area contributed by atoms with Gasteiger partial charge in [-0.2, -0.15) is 0 Å². The Hall–Kier alpha value is -4.06. The number of hydrogen-bond acceptors (Lipinski definition) is 4. The Bertz CT molecular complexity index is 1110. The SMILES string of the molecule is C=C(C)COc1cccc(NCC(=O)Nc2ccc(NC(=O)c3cccc(C)c3)cc2)c1. The van der Waals surface area contributed by atoms with Crippen LogP contribution in [-0.2, 0) is 4.79 Å². The van der Waals surface area contributed by atoms with Crippen molar-refractivity contribution in [1.29, 1.82) is 0 Å². The summed E-state index contributed by atoms with van der Waals surface area (Å²) < 4.78 is 5.61. The molecule has 0 heterocycles. The lowest BCUT2D eigenvalue weighted by Gasteiger charge is -2.11. The third-order valence-corrected chi connectivity index (χ3v) is 4.48. The van der Waals surface area contributed by atoms with Crippen molar-refractivity contribution in [1.82, 2.24) is 0 Å². The predicted molar refractivity (Wildman–Crippen MR) is 129 cm³/mol. The number of ether oxygens (including phenoxy) is 1. The van der Waals surface area contributed by atoms with Gasteiger partial charge in [0.25, 0.3) is 5.91 Å². The molecule has 0 saturated carbocycles. The molecule has 3 N–H and O–H groups in total. The lowest BCUT2D eigenvalue weighted by molar-refractivity contribution is -0.114. The zero-order valence-electron chi connectivity index (χ0n) is 18.3. The van der Waals surface area contributed by atoms with Crippen molar-refractivity contribution in [2.24, 2.45) is 0 Å². The van der Waals surface area contributed by atoms with Crippen molar-refractivity contribution < 1.29 is 14.3 Å². The van der Waals surface area contributed by atoms with E-state index in [0.29, 0.717) is 29.3 Å². The number of anilines is 3. The fraction of sp³-hybridized carbons (Fsp3) is 0.154. The maximum absolute atomic E-state index is 12.3. The van der Waals surface area contributed by atoms with Gasteiger partial charge in [0, 0.05) is 28.7 Å². The molecule has 0 bridgehead atoms. The first-order valence-electron chi connectivity index (χ1n) is 10.3. The standard InChI is InChI=1S/C26H27N3O3/c1-18(2)17-32-24-9-5-8-23(15-24)27-16-25(30)28-21-10-12-22(13-11-21)29-26(31)20-7-4-6-19(3)14-20/h4-15,27H,1,16-17H2,2-3H3,(H,28,30)(H,29,31). The highest BCUT2D eigenvalue weighted by Crippen LogP contribution is 2.18. The lowest BCUT2D eigenvalue weighted by atomic mass is 10.1. The fourth-order valence-corrected chi connectivity index (χ4v) is 2.92. The van der Waals surface area contributed by atoms with Crippen LogP contribution in [0.5, 0.6) is 5.75 Å². The molecule has 0 fully saturated rings. The predicted octanol–water partition coefficient (Wildman–Crippen LogP) is 5.25. The average Bonchev–Trinajstić information content (AvgIpc) is 2.78. The molecular weight excluding hydrogens is 402 g/mol. The van der Waals surface area contributed by atoms with E-state index in [1.807, 2.05) is 56.3 Å². The second-order valence-electron chi connectivity index (χ2n) is 7.58. The Labute approximate surface area is 188 Å². The molecule has 0 aliphatic rings. The van der Waals surface area contributed by atoms with Gasteiger partial charge in [0.1, 0.15) is 12.4 Å². The molecule has 0 aliphatic carbocycles. The van der Waals surface area contributed by atoms with Crippen molar-refractivity contribution in [3.8, 4) is 5.75 Å². The molecule has 32 heavy (non-hydrogen) atoms. The van der Waals surface area contributed by atoms with Crippen LogP contribution in [0, 0.1) is 6.92 Å². The van der Waals surface area contributed by atoms with Crippen LogP contribution in [-0.4, -0.2) is 25.0 Å². The van der Waals surface area contributed by atoms with E-state index in [4.69, 9.17) is 4.74 Å². The summed E-state index contributed by atoms with van der Waals surface area (Å²) in [5.74, 6) is 0.348. The summed E-state index contributed by atoms with van der Waals surface area (Å²) in [6.07, 6.45) is 0. The molecular formula is C26H27N3O3. The van der Waals surface area contributed by atoms with Gasteiger partial charge in [0.05, 0.1) is 6.54 Å². The van der Waals surface area contributed by atoms with Crippen LogP contribution >= 0.6 is 0 Å². The first kappa shape index (κ1) is 22.6. The molecule has 3 rings (SSSR count). The number of nitrogens with one attached hydrogen (secondary N) is 3. The maximum Gasteiger partial charge on any atom is 0.255 e. The molecule has 0 aliphatic heterocycles. The van der Waals surface area contributed by atoms with Crippen LogP contribution in [0.1, 0.15) is 22.8 Å². The minimum atomic E-state index is -0.185. The Morgan fingerprint density at radius 2 is 1.56 bits per heavy atom. The van der Waals surface area contributed by atoms with Crippen molar-refractivity contribution >= 4 is 28.9 Å². The van der Waals surface area contributed by atoms with Gasteiger partial charge in [0.2, 0.25) is 5.91 Å². The monoisotopic (exact) mass is 429 g/mol. The Kier molecular flexibility index (Phi) is 7.65. The summed E-state index contributed by atoms with van der Waals surface area (Å²) in [5, 5.41) is 8.76. The average molecular weight is 430 g/mol. The van der Waals surface area contributed by atoms with Crippen LogP contribution in [0.2, 0.25) is 0 Å². The van der Waals surface area contributed by atoms with Gasteiger partial charge >= 0.3 is 0 Å². The van der Waals surface area contributed by atoms with Crippen molar-refractivity contribution in [2.45, 2.75) is 13.8 Å². The van der Waals surface area contributed by atoms with Crippen molar-refractivity contribution in [2.75, 3.05) is 29.1 Å². The summed E-state index contributed by atoms with van der Waals surface area (Å²) in [6, 6.07) is 21.8. The van der Waals surface area contributed by atoms with E-state index in [1.165, 1.54) is 0 Å². The quantitative estimate of drug-likeness (QED) is 0.406. The highest BCUT2D eigenvalue weighted by molar-refractivity contribution is 6.04. The van der Waals surface area contributed by atoms with E-state index in [0.717, 1.165) is 16.8 Å². The molecule has 164 valence electrons. The van der Waals surface area contributed by atoms with Crippen LogP contribution in [0.3, 0.4) is 0 Å². The summed E-state index contributed by atoms with van der Waals surface area (Å²) in [4.78, 5) is 24.6. The van der Waals surface area contributed by atoms with Gasteiger partial charge in [-0.25, -0.2) is 0 Å². The van der Waals surface area contributed by atoms with Crippen LogP contribution in [0.15, 0.2) is 84.9 Å². The molecule has 6 nitrogen and oxygen atoms in total. The highest BCUT2D eigenvalue weighted by Gasteiger charge is 2.07.